The van der Waals surface area contributed by atoms with Crippen LogP contribution in [0.5, 0.6) is 11.5 Å². The van der Waals surface area contributed by atoms with Crippen LogP contribution in [0.4, 0.5) is 0 Å². The van der Waals surface area contributed by atoms with Crippen LogP contribution in [0.15, 0.2) is 18.2 Å². The summed E-state index contributed by atoms with van der Waals surface area (Å²) in [4.78, 5) is 32.0. The summed E-state index contributed by atoms with van der Waals surface area (Å²) >= 11 is 0. The molecule has 0 aromatic heterocycles. The van der Waals surface area contributed by atoms with Crippen molar-refractivity contribution in [3.8, 4) is 11.5 Å². The van der Waals surface area contributed by atoms with E-state index in [1.165, 1.54) is 0 Å². The molecule has 0 saturated carbocycles. The van der Waals surface area contributed by atoms with Gasteiger partial charge in [-0.2, -0.15) is 0 Å². The molecule has 1 saturated heterocycles. The predicted octanol–water partition coefficient (Wildman–Crippen LogP) is 1.52. The van der Waals surface area contributed by atoms with Gasteiger partial charge in [0.05, 0.1) is 12.8 Å². The predicted molar refractivity (Wildman–Crippen MR) is 142 cm³/mol. The number of fused-ring (bicyclic) bond motifs is 1. The number of ether oxygens (including phenoxy) is 2. The highest BCUT2D eigenvalue weighted by Crippen LogP contribution is 2.41. The molecule has 1 fully saturated rings. The van der Waals surface area contributed by atoms with E-state index in [1.807, 2.05) is 37.2 Å². The van der Waals surface area contributed by atoms with Crippen LogP contribution in [0.2, 0.25) is 0 Å². The van der Waals surface area contributed by atoms with Gasteiger partial charge < -0.3 is 24.1 Å². The first-order chi connectivity index (χ1) is 17.6. The van der Waals surface area contributed by atoms with Gasteiger partial charge in [-0.1, -0.05) is 19.4 Å². The third kappa shape index (κ3) is 8.39. The standard InChI is InChI=1S/C26H42N4O6S/c1-5-6-13-29(14-7-12-28(2)3)26(32)17-30-16-21(20-8-9-24-25(15-20)36-19-35-24)22(18-31)23(30)10-11-27-37(4,33)34/h8-9,15,18,21-23,27H,5-7,10-14,16-17,19H2,1-4H3/t21-,22-,23+/m1/s1. The molecule has 0 radical (unpaired) electrons. The Kier molecular flexibility index (Phi) is 10.7. The van der Waals surface area contributed by atoms with Gasteiger partial charge in [-0.3, -0.25) is 9.69 Å². The fourth-order valence-corrected chi connectivity index (χ4v) is 5.68. The van der Waals surface area contributed by atoms with Crippen LogP contribution in [0, 0.1) is 5.92 Å². The molecule has 1 aromatic carbocycles. The number of rotatable bonds is 15. The smallest absolute Gasteiger partial charge is 0.236 e. The summed E-state index contributed by atoms with van der Waals surface area (Å²) in [5.41, 5.74) is 0.950. The maximum Gasteiger partial charge on any atom is 0.236 e. The lowest BCUT2D eigenvalue weighted by Gasteiger charge is -2.30. The van der Waals surface area contributed by atoms with E-state index in [-0.39, 0.29) is 43.7 Å². The van der Waals surface area contributed by atoms with Crippen LogP contribution in [0.3, 0.4) is 0 Å². The number of hydrogen-bond acceptors (Lipinski definition) is 8. The largest absolute Gasteiger partial charge is 0.454 e. The Morgan fingerprint density at radius 2 is 1.89 bits per heavy atom. The Hall–Kier alpha value is -2.21. The molecule has 1 amide bonds. The van der Waals surface area contributed by atoms with Crippen molar-refractivity contribution < 1.29 is 27.5 Å². The summed E-state index contributed by atoms with van der Waals surface area (Å²) in [5, 5.41) is 0. The van der Waals surface area contributed by atoms with Crippen molar-refractivity contribution in [3.63, 3.8) is 0 Å². The third-order valence-corrected chi connectivity index (χ3v) is 7.83. The molecule has 11 heteroatoms. The summed E-state index contributed by atoms with van der Waals surface area (Å²) in [6.07, 6.45) is 5.33. The van der Waals surface area contributed by atoms with Crippen molar-refractivity contribution >= 4 is 22.2 Å². The summed E-state index contributed by atoms with van der Waals surface area (Å²) in [6, 6.07) is 5.45. The molecule has 1 aromatic rings. The van der Waals surface area contributed by atoms with E-state index >= 15 is 0 Å². The second-order valence-electron chi connectivity index (χ2n) is 10.3. The maximum absolute atomic E-state index is 13.5. The Balaban J connectivity index is 1.79. The Morgan fingerprint density at radius 1 is 1.16 bits per heavy atom. The second-order valence-corrected chi connectivity index (χ2v) is 12.1. The normalized spacial score (nSPS) is 21.5. The number of nitrogens with one attached hydrogen (secondary N) is 1. The van der Waals surface area contributed by atoms with E-state index in [1.54, 1.807) is 0 Å². The second kappa shape index (κ2) is 13.5. The molecular formula is C26H42N4O6S. The zero-order chi connectivity index (χ0) is 27.0. The van der Waals surface area contributed by atoms with Gasteiger partial charge in [-0.15, -0.1) is 0 Å². The number of aldehydes is 1. The molecule has 1 N–H and O–H groups in total. The van der Waals surface area contributed by atoms with Gasteiger partial charge in [-0.05, 0) is 57.6 Å². The van der Waals surface area contributed by atoms with Crippen molar-refractivity contribution in [1.82, 2.24) is 19.4 Å². The Morgan fingerprint density at radius 3 is 2.57 bits per heavy atom. The van der Waals surface area contributed by atoms with Crippen LogP contribution in [0.25, 0.3) is 0 Å². The number of sulfonamides is 1. The van der Waals surface area contributed by atoms with E-state index in [2.05, 4.69) is 21.4 Å². The summed E-state index contributed by atoms with van der Waals surface area (Å²) in [6.45, 7) is 5.50. The van der Waals surface area contributed by atoms with Gasteiger partial charge in [0.1, 0.15) is 6.29 Å². The third-order valence-electron chi connectivity index (χ3n) is 7.10. The first-order valence-corrected chi connectivity index (χ1v) is 15.0. The molecule has 3 rings (SSSR count). The number of carbonyl (C=O) groups is 2. The molecular weight excluding hydrogens is 496 g/mol. The van der Waals surface area contributed by atoms with Crippen LogP contribution in [-0.2, 0) is 19.6 Å². The van der Waals surface area contributed by atoms with Crippen LogP contribution in [0.1, 0.15) is 44.1 Å². The summed E-state index contributed by atoms with van der Waals surface area (Å²) in [7, 11) is 0.682. The highest BCUT2D eigenvalue weighted by molar-refractivity contribution is 7.88. The lowest BCUT2D eigenvalue weighted by atomic mass is 9.85. The van der Waals surface area contributed by atoms with Gasteiger partial charge in [0.25, 0.3) is 0 Å². The van der Waals surface area contributed by atoms with Gasteiger partial charge >= 0.3 is 0 Å². The van der Waals surface area contributed by atoms with Crippen molar-refractivity contribution in [2.75, 3.05) is 66.4 Å². The zero-order valence-corrected chi connectivity index (χ0v) is 23.3. The van der Waals surface area contributed by atoms with E-state index in [0.29, 0.717) is 37.6 Å². The lowest BCUT2D eigenvalue weighted by Crippen LogP contribution is -2.45. The number of nitrogens with zero attached hydrogens (tertiary/aromatic N) is 3. The van der Waals surface area contributed by atoms with Crippen LogP contribution < -0.4 is 14.2 Å². The van der Waals surface area contributed by atoms with Crippen molar-refractivity contribution in [2.24, 2.45) is 5.92 Å². The molecule has 0 aliphatic carbocycles. The molecule has 2 heterocycles. The minimum atomic E-state index is -3.36. The fraction of sp³-hybridized carbons (Fsp3) is 0.692. The summed E-state index contributed by atoms with van der Waals surface area (Å²) < 4.78 is 36.8. The average molecular weight is 539 g/mol. The number of likely N-dealkylation sites (tertiary alicyclic amines) is 1. The number of unbranched alkanes of at least 4 members (excludes halogenated alkanes) is 1. The van der Waals surface area contributed by atoms with E-state index in [0.717, 1.165) is 43.9 Å². The maximum atomic E-state index is 13.5. The quantitative estimate of drug-likeness (QED) is 0.335. The molecule has 2 aliphatic rings. The highest BCUT2D eigenvalue weighted by atomic mass is 32.2. The number of hydrogen-bond donors (Lipinski definition) is 1. The van der Waals surface area contributed by atoms with Gasteiger partial charge in [0.2, 0.25) is 22.7 Å². The van der Waals surface area contributed by atoms with Crippen molar-refractivity contribution in [3.05, 3.63) is 23.8 Å². The van der Waals surface area contributed by atoms with Gasteiger partial charge in [0, 0.05) is 44.1 Å². The van der Waals surface area contributed by atoms with Gasteiger partial charge in [0.15, 0.2) is 11.5 Å². The first kappa shape index (κ1) is 29.3. The zero-order valence-electron chi connectivity index (χ0n) is 22.5. The molecule has 3 atom stereocenters. The molecule has 0 unspecified atom stereocenters. The Labute approximate surface area is 221 Å². The van der Waals surface area contributed by atoms with Crippen LogP contribution in [-0.4, -0.2) is 108 Å². The van der Waals surface area contributed by atoms with Crippen molar-refractivity contribution in [2.45, 2.75) is 44.6 Å². The minimum absolute atomic E-state index is 0.0456. The monoisotopic (exact) mass is 538 g/mol. The molecule has 37 heavy (non-hydrogen) atoms. The fourth-order valence-electron chi connectivity index (χ4n) is 5.19. The van der Waals surface area contributed by atoms with Gasteiger partial charge in [-0.25, -0.2) is 13.1 Å². The topological polar surface area (TPSA) is 108 Å². The minimum Gasteiger partial charge on any atom is -0.454 e. The Bertz CT molecular complexity index is 1020. The SMILES string of the molecule is CCCCN(CCCN(C)C)C(=O)CN1C[C@H](c2ccc3c(c2)OCO3)[C@@H](C=O)[C@@H]1CCNS(C)(=O)=O. The molecule has 0 spiro atoms. The van der Waals surface area contributed by atoms with Crippen LogP contribution >= 0.6 is 0 Å². The highest BCUT2D eigenvalue weighted by Gasteiger charge is 2.43. The van der Waals surface area contributed by atoms with E-state index in [4.69, 9.17) is 9.47 Å². The van der Waals surface area contributed by atoms with Crippen molar-refractivity contribution in [1.29, 1.82) is 0 Å². The molecule has 208 valence electrons. The lowest BCUT2D eigenvalue weighted by molar-refractivity contribution is -0.133. The number of carbonyl (C=O) groups excluding carboxylic acids is 2. The van der Waals surface area contributed by atoms with E-state index < -0.39 is 10.0 Å². The molecule has 0 bridgehead atoms. The number of amides is 1. The summed E-state index contributed by atoms with van der Waals surface area (Å²) in [5.74, 6) is 0.853. The molecule has 2 aliphatic heterocycles. The van der Waals surface area contributed by atoms with E-state index in [9.17, 15) is 18.0 Å². The first-order valence-electron chi connectivity index (χ1n) is 13.1. The molecule has 10 nitrogen and oxygen atoms in total. The average Bonchev–Trinajstić information content (AvgIpc) is 3.44. The number of benzene rings is 1.